The van der Waals surface area contributed by atoms with Gasteiger partial charge in [0.1, 0.15) is 0 Å². The minimum Gasteiger partial charge on any atom is -0.308 e. The van der Waals surface area contributed by atoms with E-state index in [1.807, 2.05) is 0 Å². The topological polar surface area (TPSA) is 21.9 Å². The minimum atomic E-state index is 0.999. The Kier molecular flexibility index (Phi) is 0.769. The van der Waals surface area contributed by atoms with Crippen LogP contribution in [0.1, 0.15) is 25.7 Å². The molecule has 4 rings (SSSR count). The lowest BCUT2D eigenvalue weighted by Gasteiger charge is -2.21. The van der Waals surface area contributed by atoms with E-state index in [4.69, 9.17) is 0 Å². The van der Waals surface area contributed by atoms with Crippen molar-refractivity contribution in [3.63, 3.8) is 0 Å². The largest absolute Gasteiger partial charge is 0.308 e. The van der Waals surface area contributed by atoms with Crippen molar-refractivity contribution < 1.29 is 0 Å². The Morgan fingerprint density at radius 3 is 2.09 bits per heavy atom. The van der Waals surface area contributed by atoms with Crippen LogP contribution in [-0.4, -0.2) is 12.1 Å². The fraction of sp³-hybridized carbons (Fsp3) is 1.00. The molecule has 6 atom stereocenters. The van der Waals surface area contributed by atoms with Gasteiger partial charge in [0.25, 0.3) is 0 Å². The van der Waals surface area contributed by atoms with Crippen LogP contribution in [-0.2, 0) is 0 Å². The molecule has 4 fully saturated rings. The molecule has 0 aromatic carbocycles. The third-order valence-corrected chi connectivity index (χ3v) is 4.85. The fourth-order valence-electron chi connectivity index (χ4n) is 4.52. The quantitative estimate of drug-likeness (QED) is 0.516. The van der Waals surface area contributed by atoms with Gasteiger partial charge in [0, 0.05) is 12.1 Å². The van der Waals surface area contributed by atoms with E-state index in [2.05, 4.69) is 5.32 Å². The van der Waals surface area contributed by atoms with Gasteiger partial charge in [-0.05, 0) is 42.9 Å². The molecular weight excluding hydrogens is 134 g/mol. The van der Waals surface area contributed by atoms with E-state index in [0.29, 0.717) is 0 Å². The van der Waals surface area contributed by atoms with Crippen molar-refractivity contribution in [3.8, 4) is 0 Å². The zero-order chi connectivity index (χ0) is 7.00. The molecule has 0 aromatic heterocycles. The molecule has 2 unspecified atom stereocenters. The van der Waals surface area contributed by atoms with E-state index >= 15 is 0 Å². The molecule has 60 valence electrons. The number of fused-ring (bicyclic) bond motifs is 8. The second-order valence-electron chi connectivity index (χ2n) is 5.04. The molecule has 0 spiro atoms. The van der Waals surface area contributed by atoms with E-state index in [1.165, 1.54) is 0 Å². The smallest absolute Gasteiger partial charge is 0.0258 e. The Morgan fingerprint density at radius 1 is 0.818 bits per heavy atom. The van der Waals surface area contributed by atoms with Gasteiger partial charge in [-0.15, -0.1) is 0 Å². The number of hydrogen-bond acceptors (Lipinski definition) is 1. The van der Waals surface area contributed by atoms with Crippen LogP contribution in [0.3, 0.4) is 0 Å². The van der Waals surface area contributed by atoms with Crippen LogP contribution in [0.4, 0.5) is 0 Å². The summed E-state index contributed by atoms with van der Waals surface area (Å²) >= 11 is 0. The molecule has 3 saturated carbocycles. The van der Waals surface area contributed by atoms with Crippen LogP contribution in [0.2, 0.25) is 0 Å². The van der Waals surface area contributed by atoms with E-state index in [-0.39, 0.29) is 0 Å². The number of hydrogen-bond donors (Lipinski definition) is 1. The van der Waals surface area contributed by atoms with E-state index in [9.17, 15) is 0 Å². The molecule has 0 aromatic rings. The molecule has 3 aliphatic carbocycles. The third-order valence-electron chi connectivity index (χ3n) is 4.85. The molecule has 1 aliphatic heterocycles. The van der Waals surface area contributed by atoms with Gasteiger partial charge < -0.3 is 5.32 Å². The molecule has 1 heteroatoms. The van der Waals surface area contributed by atoms with Crippen LogP contribution >= 0.6 is 0 Å². The van der Waals surface area contributed by atoms with Crippen LogP contribution in [0, 0.1) is 23.7 Å². The standard InChI is InChI=1S/C10H15N/c1-2-5-6(3-1)8-4-7(5)9-10(8)11-9/h5-11H,1-4H2/t5-,6+,7+,8-,9?,10?. The highest BCUT2D eigenvalue weighted by molar-refractivity contribution is 5.21. The number of nitrogens with one attached hydrogen (secondary N) is 1. The highest BCUT2D eigenvalue weighted by Gasteiger charge is 2.65. The molecular formula is C10H15N. The minimum absolute atomic E-state index is 0.999. The van der Waals surface area contributed by atoms with Crippen LogP contribution < -0.4 is 5.32 Å². The van der Waals surface area contributed by atoms with E-state index in [1.54, 1.807) is 25.7 Å². The van der Waals surface area contributed by atoms with Crippen molar-refractivity contribution in [3.05, 3.63) is 0 Å². The highest BCUT2D eigenvalue weighted by Crippen LogP contribution is 2.62. The summed E-state index contributed by atoms with van der Waals surface area (Å²) in [6.45, 7) is 0. The van der Waals surface area contributed by atoms with Gasteiger partial charge in [-0.3, -0.25) is 0 Å². The van der Waals surface area contributed by atoms with Crippen molar-refractivity contribution >= 4 is 0 Å². The number of rotatable bonds is 0. The van der Waals surface area contributed by atoms with Gasteiger partial charge in [-0.1, -0.05) is 6.42 Å². The summed E-state index contributed by atoms with van der Waals surface area (Å²) in [5.74, 6) is 4.57. The molecule has 1 saturated heterocycles. The molecule has 4 aliphatic rings. The molecule has 2 bridgehead atoms. The average Bonchev–Trinajstić information content (AvgIpc) is 2.46. The first-order valence-corrected chi connectivity index (χ1v) is 5.21. The lowest BCUT2D eigenvalue weighted by molar-refractivity contribution is 0.292. The Hall–Kier alpha value is -0.0400. The zero-order valence-electron chi connectivity index (χ0n) is 6.79. The maximum Gasteiger partial charge on any atom is 0.0258 e. The summed E-state index contributed by atoms with van der Waals surface area (Å²) in [7, 11) is 0. The Morgan fingerprint density at radius 2 is 1.45 bits per heavy atom. The lowest BCUT2D eigenvalue weighted by Crippen LogP contribution is -2.22. The maximum atomic E-state index is 3.66. The zero-order valence-corrected chi connectivity index (χ0v) is 6.79. The Labute approximate surface area is 67.6 Å². The van der Waals surface area contributed by atoms with E-state index < -0.39 is 0 Å². The summed E-state index contributed by atoms with van der Waals surface area (Å²) in [5, 5.41) is 3.66. The first-order valence-electron chi connectivity index (χ1n) is 5.21. The summed E-state index contributed by atoms with van der Waals surface area (Å²) in [6, 6.07) is 2.00. The SMILES string of the molecule is C1C[C@@H]2[C@H](C1)[C@H]1C[C@@H]2C2NC21. The highest BCUT2D eigenvalue weighted by atomic mass is 15.2. The van der Waals surface area contributed by atoms with Gasteiger partial charge in [-0.25, -0.2) is 0 Å². The van der Waals surface area contributed by atoms with Crippen LogP contribution in [0.25, 0.3) is 0 Å². The average molecular weight is 149 g/mol. The van der Waals surface area contributed by atoms with Crippen molar-refractivity contribution in [2.75, 3.05) is 0 Å². The molecule has 1 nitrogen and oxygen atoms in total. The lowest BCUT2D eigenvalue weighted by atomic mass is 9.82. The van der Waals surface area contributed by atoms with Gasteiger partial charge in [-0.2, -0.15) is 0 Å². The second-order valence-corrected chi connectivity index (χ2v) is 5.04. The Bertz CT molecular complexity index is 189. The van der Waals surface area contributed by atoms with Gasteiger partial charge >= 0.3 is 0 Å². The first-order chi connectivity index (χ1) is 5.45. The van der Waals surface area contributed by atoms with Crippen molar-refractivity contribution in [2.24, 2.45) is 23.7 Å². The summed E-state index contributed by atoms with van der Waals surface area (Å²) in [6.07, 6.45) is 6.27. The summed E-state index contributed by atoms with van der Waals surface area (Å²) < 4.78 is 0. The first kappa shape index (κ1) is 5.58. The number of piperidine rings is 1. The molecule has 1 heterocycles. The summed E-state index contributed by atoms with van der Waals surface area (Å²) in [4.78, 5) is 0. The van der Waals surface area contributed by atoms with Gasteiger partial charge in [0.05, 0.1) is 0 Å². The molecule has 0 radical (unpaired) electrons. The van der Waals surface area contributed by atoms with Crippen molar-refractivity contribution in [1.82, 2.24) is 5.32 Å². The van der Waals surface area contributed by atoms with Crippen LogP contribution in [0.15, 0.2) is 0 Å². The summed E-state index contributed by atoms with van der Waals surface area (Å²) in [5.41, 5.74) is 0. The van der Waals surface area contributed by atoms with Gasteiger partial charge in [0.15, 0.2) is 0 Å². The second kappa shape index (κ2) is 1.52. The maximum absolute atomic E-state index is 3.66. The normalized spacial score (nSPS) is 69.8. The van der Waals surface area contributed by atoms with E-state index in [0.717, 1.165) is 35.8 Å². The molecule has 1 N–H and O–H groups in total. The van der Waals surface area contributed by atoms with Crippen molar-refractivity contribution in [1.29, 1.82) is 0 Å². The van der Waals surface area contributed by atoms with Crippen LogP contribution in [0.5, 0.6) is 0 Å². The van der Waals surface area contributed by atoms with Crippen molar-refractivity contribution in [2.45, 2.75) is 37.8 Å². The molecule has 0 amide bonds. The molecule has 11 heavy (non-hydrogen) atoms. The fourth-order valence-corrected chi connectivity index (χ4v) is 4.52. The monoisotopic (exact) mass is 149 g/mol. The third kappa shape index (κ3) is 0.488. The predicted molar refractivity (Wildman–Crippen MR) is 43.1 cm³/mol. The predicted octanol–water partition coefficient (Wildman–Crippen LogP) is 1.39. The van der Waals surface area contributed by atoms with Gasteiger partial charge in [0.2, 0.25) is 0 Å². The Balaban J connectivity index is 1.79.